The molecule has 0 aliphatic heterocycles. The Kier molecular flexibility index (Phi) is 5.80. The number of allylic oxidation sites excluding steroid dienone is 1. The average molecular weight is 343 g/mol. The molecule has 2 rings (SSSR count). The lowest BCUT2D eigenvalue weighted by atomic mass is 9.93. The van der Waals surface area contributed by atoms with Gasteiger partial charge in [0.15, 0.2) is 5.78 Å². The number of ketones is 1. The van der Waals surface area contributed by atoms with Crippen molar-refractivity contribution in [3.8, 4) is 0 Å². The van der Waals surface area contributed by atoms with E-state index in [1.54, 1.807) is 32.0 Å². The van der Waals surface area contributed by atoms with Crippen molar-refractivity contribution in [2.75, 3.05) is 0 Å². The molecule has 0 fully saturated rings. The van der Waals surface area contributed by atoms with Gasteiger partial charge in [0.2, 0.25) is 0 Å². The van der Waals surface area contributed by atoms with Gasteiger partial charge in [-0.25, -0.2) is 8.78 Å². The molecule has 0 aliphatic rings. The van der Waals surface area contributed by atoms with Crippen molar-refractivity contribution >= 4 is 17.3 Å². The van der Waals surface area contributed by atoms with Gasteiger partial charge in [0.25, 0.3) is 5.91 Å². The molecular formula is C20H19F2NO2. The molecule has 3 nitrogen and oxygen atoms in total. The molecule has 0 aliphatic carbocycles. The Morgan fingerprint density at radius 2 is 1.68 bits per heavy atom. The van der Waals surface area contributed by atoms with E-state index >= 15 is 0 Å². The Balaban J connectivity index is 2.34. The Morgan fingerprint density at radius 1 is 1.00 bits per heavy atom. The van der Waals surface area contributed by atoms with Crippen LogP contribution in [-0.2, 0) is 11.3 Å². The van der Waals surface area contributed by atoms with Crippen LogP contribution in [0.5, 0.6) is 0 Å². The van der Waals surface area contributed by atoms with Gasteiger partial charge in [0.1, 0.15) is 11.6 Å². The predicted octanol–water partition coefficient (Wildman–Crippen LogP) is 4.28. The fraction of sp³-hybridized carbons (Fsp3) is 0.200. The van der Waals surface area contributed by atoms with Gasteiger partial charge in [-0.3, -0.25) is 9.59 Å². The molecule has 2 aromatic rings. The molecule has 1 N–H and O–H groups in total. The van der Waals surface area contributed by atoms with Crippen LogP contribution in [0.2, 0.25) is 0 Å². The third-order valence-corrected chi connectivity index (χ3v) is 3.70. The second-order valence-electron chi connectivity index (χ2n) is 5.91. The van der Waals surface area contributed by atoms with Crippen LogP contribution in [0.15, 0.2) is 48.0 Å². The van der Waals surface area contributed by atoms with Crippen LogP contribution in [0.25, 0.3) is 5.57 Å². The first-order chi connectivity index (χ1) is 11.8. The highest BCUT2D eigenvalue weighted by Gasteiger charge is 2.21. The maximum absolute atomic E-state index is 14.1. The number of rotatable bonds is 5. The number of hydrogen-bond donors (Lipinski definition) is 1. The monoisotopic (exact) mass is 343 g/mol. The van der Waals surface area contributed by atoms with Crippen LogP contribution < -0.4 is 5.32 Å². The van der Waals surface area contributed by atoms with Crippen LogP contribution in [0.3, 0.4) is 0 Å². The van der Waals surface area contributed by atoms with Crippen LogP contribution in [0.1, 0.15) is 42.3 Å². The summed E-state index contributed by atoms with van der Waals surface area (Å²) >= 11 is 0. The molecular weight excluding hydrogens is 324 g/mol. The highest BCUT2D eigenvalue weighted by Crippen LogP contribution is 2.25. The van der Waals surface area contributed by atoms with Crippen LogP contribution in [0, 0.1) is 11.6 Å². The van der Waals surface area contributed by atoms with Gasteiger partial charge in [-0.1, -0.05) is 29.8 Å². The Hall–Kier alpha value is -2.82. The van der Waals surface area contributed by atoms with Crippen molar-refractivity contribution in [1.29, 1.82) is 0 Å². The number of halogens is 2. The van der Waals surface area contributed by atoms with E-state index in [0.717, 1.165) is 0 Å². The van der Waals surface area contributed by atoms with Gasteiger partial charge in [-0.2, -0.15) is 0 Å². The minimum atomic E-state index is -0.665. The van der Waals surface area contributed by atoms with E-state index < -0.39 is 23.3 Å². The van der Waals surface area contributed by atoms with Crippen molar-refractivity contribution < 1.29 is 18.4 Å². The zero-order valence-electron chi connectivity index (χ0n) is 14.3. The molecule has 0 unspecified atom stereocenters. The summed E-state index contributed by atoms with van der Waals surface area (Å²) in [5, 5.41) is 2.69. The maximum atomic E-state index is 14.1. The second kappa shape index (κ2) is 7.83. The molecule has 0 aromatic heterocycles. The fourth-order valence-corrected chi connectivity index (χ4v) is 2.63. The fourth-order valence-electron chi connectivity index (χ4n) is 2.63. The Bertz CT molecular complexity index is 853. The Morgan fingerprint density at radius 3 is 2.28 bits per heavy atom. The first kappa shape index (κ1) is 18.5. The van der Waals surface area contributed by atoms with Crippen LogP contribution in [0.4, 0.5) is 8.78 Å². The molecule has 25 heavy (non-hydrogen) atoms. The molecule has 130 valence electrons. The van der Waals surface area contributed by atoms with Crippen molar-refractivity contribution in [3.05, 3.63) is 76.4 Å². The van der Waals surface area contributed by atoms with E-state index in [1.807, 2.05) is 0 Å². The summed E-state index contributed by atoms with van der Waals surface area (Å²) in [6, 6.07) is 10.1. The topological polar surface area (TPSA) is 46.2 Å². The summed E-state index contributed by atoms with van der Waals surface area (Å²) in [7, 11) is 0. The summed E-state index contributed by atoms with van der Waals surface area (Å²) in [6.07, 6.45) is 0. The molecule has 0 heterocycles. The molecule has 0 bridgehead atoms. The molecule has 0 atom stereocenters. The van der Waals surface area contributed by atoms with E-state index in [1.165, 1.54) is 31.2 Å². The third kappa shape index (κ3) is 4.38. The van der Waals surface area contributed by atoms with Gasteiger partial charge >= 0.3 is 0 Å². The molecule has 1 amide bonds. The number of hydrogen-bond acceptors (Lipinski definition) is 2. The summed E-state index contributed by atoms with van der Waals surface area (Å²) in [4.78, 5) is 24.5. The number of carbonyl (C=O) groups excluding carboxylic acids is 2. The van der Waals surface area contributed by atoms with Crippen LogP contribution in [-0.4, -0.2) is 11.7 Å². The highest BCUT2D eigenvalue weighted by atomic mass is 19.1. The normalized spacial score (nSPS) is 10.3. The number of benzene rings is 2. The SMILES string of the molecule is CC(=O)c1c(F)cccc1C(C(=O)NCc1cccc(F)c1)=C(C)C. The van der Waals surface area contributed by atoms with Crippen molar-refractivity contribution in [3.63, 3.8) is 0 Å². The number of amides is 1. The zero-order valence-corrected chi connectivity index (χ0v) is 14.3. The molecule has 0 spiro atoms. The first-order valence-electron chi connectivity index (χ1n) is 7.81. The summed E-state index contributed by atoms with van der Waals surface area (Å²) in [6.45, 7) is 4.81. The van der Waals surface area contributed by atoms with Crippen molar-refractivity contribution in [1.82, 2.24) is 5.32 Å². The largest absolute Gasteiger partial charge is 0.348 e. The van der Waals surface area contributed by atoms with Crippen molar-refractivity contribution in [2.45, 2.75) is 27.3 Å². The first-order valence-corrected chi connectivity index (χ1v) is 7.81. The summed E-state index contributed by atoms with van der Waals surface area (Å²) in [5.74, 6) is -1.96. The predicted molar refractivity (Wildman–Crippen MR) is 92.9 cm³/mol. The zero-order chi connectivity index (χ0) is 18.6. The minimum Gasteiger partial charge on any atom is -0.348 e. The van der Waals surface area contributed by atoms with E-state index in [4.69, 9.17) is 0 Å². The summed E-state index contributed by atoms with van der Waals surface area (Å²) in [5.41, 5.74) is 1.63. The number of nitrogens with one attached hydrogen (secondary N) is 1. The molecule has 0 saturated heterocycles. The van der Waals surface area contributed by atoms with Crippen LogP contribution >= 0.6 is 0 Å². The lowest BCUT2D eigenvalue weighted by Gasteiger charge is -2.14. The van der Waals surface area contributed by atoms with E-state index in [2.05, 4.69) is 5.32 Å². The van der Waals surface area contributed by atoms with E-state index in [0.29, 0.717) is 11.1 Å². The third-order valence-electron chi connectivity index (χ3n) is 3.70. The average Bonchev–Trinajstić information content (AvgIpc) is 2.52. The van der Waals surface area contributed by atoms with Gasteiger partial charge in [-0.05, 0) is 44.5 Å². The maximum Gasteiger partial charge on any atom is 0.252 e. The minimum absolute atomic E-state index is 0.111. The Labute approximate surface area is 145 Å². The van der Waals surface area contributed by atoms with Gasteiger partial charge in [0, 0.05) is 17.7 Å². The standard InChI is InChI=1S/C20H19F2NO2/c1-12(2)18(16-8-5-9-17(22)19(16)13(3)24)20(25)23-11-14-6-4-7-15(21)10-14/h4-10H,11H2,1-3H3,(H,23,25). The second-order valence-corrected chi connectivity index (χ2v) is 5.91. The smallest absolute Gasteiger partial charge is 0.252 e. The quantitative estimate of drug-likeness (QED) is 0.651. The molecule has 5 heteroatoms. The van der Waals surface area contributed by atoms with Gasteiger partial charge in [-0.15, -0.1) is 0 Å². The molecule has 0 saturated carbocycles. The van der Waals surface area contributed by atoms with Gasteiger partial charge in [0.05, 0.1) is 5.56 Å². The number of carbonyl (C=O) groups is 2. The lowest BCUT2D eigenvalue weighted by molar-refractivity contribution is -0.115. The van der Waals surface area contributed by atoms with E-state index in [-0.39, 0.29) is 23.2 Å². The lowest BCUT2D eigenvalue weighted by Crippen LogP contribution is -2.25. The van der Waals surface area contributed by atoms with Crippen molar-refractivity contribution in [2.24, 2.45) is 0 Å². The van der Waals surface area contributed by atoms with E-state index in [9.17, 15) is 18.4 Å². The number of Topliss-reactive ketones (excluding diaryl/α,β-unsaturated/α-hetero) is 1. The summed E-state index contributed by atoms with van der Waals surface area (Å²) < 4.78 is 27.3. The molecule has 0 radical (unpaired) electrons. The molecule has 2 aromatic carbocycles. The van der Waals surface area contributed by atoms with Gasteiger partial charge < -0.3 is 5.32 Å². The highest BCUT2D eigenvalue weighted by molar-refractivity contribution is 6.22.